The van der Waals surface area contributed by atoms with E-state index in [1.807, 2.05) is 30.3 Å². The summed E-state index contributed by atoms with van der Waals surface area (Å²) in [7, 11) is 0. The Morgan fingerprint density at radius 1 is 1.10 bits per heavy atom. The van der Waals surface area contributed by atoms with Crippen LogP contribution in [0.5, 0.6) is 0 Å². The monoisotopic (exact) mass is 416 g/mol. The average molecular weight is 417 g/mol. The Hall–Kier alpha value is -3.45. The highest BCUT2D eigenvalue weighted by Crippen LogP contribution is 2.28. The molecule has 0 aliphatic heterocycles. The zero-order chi connectivity index (χ0) is 21.8. The summed E-state index contributed by atoms with van der Waals surface area (Å²) in [6.45, 7) is 2.08. The Balaban J connectivity index is 1.62. The van der Waals surface area contributed by atoms with Gasteiger partial charge in [-0.15, -0.1) is 0 Å². The molecule has 2 aromatic carbocycles. The van der Waals surface area contributed by atoms with Gasteiger partial charge in [-0.1, -0.05) is 49.2 Å². The second-order valence-corrected chi connectivity index (χ2v) is 8.04. The minimum Gasteiger partial charge on any atom is -0.365 e. The predicted octanol–water partition coefficient (Wildman–Crippen LogP) is 3.98. The first-order valence-electron chi connectivity index (χ1n) is 10.6. The lowest BCUT2D eigenvalue weighted by atomic mass is 9.91. The zero-order valence-electron chi connectivity index (χ0n) is 17.6. The summed E-state index contributed by atoms with van der Waals surface area (Å²) in [4.78, 5) is 20.8. The van der Waals surface area contributed by atoms with Gasteiger partial charge in [-0.05, 0) is 48.6 Å². The first-order valence-corrected chi connectivity index (χ1v) is 10.6. The molecular weight excluding hydrogens is 388 g/mol. The predicted molar refractivity (Wildman–Crippen MR) is 124 cm³/mol. The van der Waals surface area contributed by atoms with Gasteiger partial charge in [0.1, 0.15) is 11.4 Å². The number of nitrogens with one attached hydrogen (secondary N) is 2. The molecule has 0 spiro atoms. The third-order valence-electron chi connectivity index (χ3n) is 5.77. The van der Waals surface area contributed by atoms with Crippen molar-refractivity contribution in [2.75, 3.05) is 10.6 Å². The van der Waals surface area contributed by atoms with E-state index in [1.54, 1.807) is 0 Å². The number of carbonyl (C=O) groups is 1. The first-order chi connectivity index (χ1) is 15.0. The van der Waals surface area contributed by atoms with E-state index in [9.17, 15) is 4.79 Å². The number of anilines is 3. The maximum absolute atomic E-state index is 12.0. The highest BCUT2D eigenvalue weighted by atomic mass is 16.1. The molecular formula is C24H28N6O. The van der Waals surface area contributed by atoms with E-state index in [2.05, 4.69) is 45.7 Å². The van der Waals surface area contributed by atoms with Gasteiger partial charge in [-0.25, -0.2) is 4.98 Å². The van der Waals surface area contributed by atoms with Crippen LogP contribution in [-0.4, -0.2) is 28.0 Å². The average Bonchev–Trinajstić information content (AvgIpc) is 2.76. The van der Waals surface area contributed by atoms with E-state index in [-0.39, 0.29) is 17.6 Å². The van der Waals surface area contributed by atoms with Gasteiger partial charge in [-0.3, -0.25) is 4.79 Å². The Bertz CT molecular complexity index is 1080. The van der Waals surface area contributed by atoms with Gasteiger partial charge in [0.2, 0.25) is 5.95 Å². The molecule has 0 saturated heterocycles. The molecule has 0 unspecified atom stereocenters. The Morgan fingerprint density at radius 2 is 1.90 bits per heavy atom. The van der Waals surface area contributed by atoms with E-state index >= 15 is 0 Å². The van der Waals surface area contributed by atoms with Crippen molar-refractivity contribution in [2.45, 2.75) is 44.7 Å². The van der Waals surface area contributed by atoms with Crippen LogP contribution in [0.15, 0.2) is 54.7 Å². The summed E-state index contributed by atoms with van der Waals surface area (Å²) in [5.74, 6) is 0.222. The molecule has 6 N–H and O–H groups in total. The number of primary amides is 1. The van der Waals surface area contributed by atoms with Crippen LogP contribution in [0, 0.1) is 6.92 Å². The third-order valence-corrected chi connectivity index (χ3v) is 5.77. The van der Waals surface area contributed by atoms with Crippen LogP contribution in [0.4, 0.5) is 17.5 Å². The number of hydrogen-bond donors (Lipinski definition) is 4. The first kappa shape index (κ1) is 20.8. The number of rotatable bonds is 6. The molecule has 3 aromatic rings. The molecule has 1 aliphatic carbocycles. The Labute approximate surface area is 182 Å². The molecule has 7 heteroatoms. The Morgan fingerprint density at radius 3 is 2.68 bits per heavy atom. The SMILES string of the molecule is Cc1ccccc1-c1cccc(Nc2nc(N[C@@H]3CCCC[C@@H]3N)ncc2C(N)=O)c1. The number of aryl methyl sites for hydroxylation is 1. The van der Waals surface area contributed by atoms with Gasteiger partial charge < -0.3 is 22.1 Å². The van der Waals surface area contributed by atoms with Gasteiger partial charge in [0.15, 0.2) is 0 Å². The topological polar surface area (TPSA) is 119 Å². The second-order valence-electron chi connectivity index (χ2n) is 8.04. The van der Waals surface area contributed by atoms with Crippen molar-refractivity contribution in [1.82, 2.24) is 9.97 Å². The minimum absolute atomic E-state index is 0.0652. The summed E-state index contributed by atoms with van der Waals surface area (Å²) in [5, 5.41) is 6.58. The maximum atomic E-state index is 12.0. The largest absolute Gasteiger partial charge is 0.365 e. The Kier molecular flexibility index (Phi) is 6.13. The molecule has 160 valence electrons. The van der Waals surface area contributed by atoms with Crippen molar-refractivity contribution in [1.29, 1.82) is 0 Å². The van der Waals surface area contributed by atoms with Crippen LogP contribution in [0.25, 0.3) is 11.1 Å². The molecule has 1 aliphatic rings. The van der Waals surface area contributed by atoms with Crippen molar-refractivity contribution >= 4 is 23.4 Å². The third kappa shape index (κ3) is 4.83. The van der Waals surface area contributed by atoms with Crippen LogP contribution >= 0.6 is 0 Å². The van der Waals surface area contributed by atoms with Crippen LogP contribution < -0.4 is 22.1 Å². The minimum atomic E-state index is -0.585. The van der Waals surface area contributed by atoms with Crippen molar-refractivity contribution < 1.29 is 4.79 Å². The van der Waals surface area contributed by atoms with Crippen LogP contribution in [-0.2, 0) is 0 Å². The maximum Gasteiger partial charge on any atom is 0.254 e. The summed E-state index contributed by atoms with van der Waals surface area (Å²) in [5.41, 5.74) is 16.3. The fraction of sp³-hybridized carbons (Fsp3) is 0.292. The highest BCUT2D eigenvalue weighted by molar-refractivity contribution is 5.98. The highest BCUT2D eigenvalue weighted by Gasteiger charge is 2.23. The lowest BCUT2D eigenvalue weighted by Gasteiger charge is -2.29. The second kappa shape index (κ2) is 9.14. The molecule has 1 saturated carbocycles. The van der Waals surface area contributed by atoms with E-state index in [4.69, 9.17) is 11.5 Å². The summed E-state index contributed by atoms with van der Waals surface area (Å²) in [6.07, 6.45) is 5.68. The van der Waals surface area contributed by atoms with Gasteiger partial charge in [-0.2, -0.15) is 4.98 Å². The molecule has 2 atom stereocenters. The van der Waals surface area contributed by atoms with E-state index < -0.39 is 5.91 Å². The van der Waals surface area contributed by atoms with Crippen molar-refractivity contribution in [3.63, 3.8) is 0 Å². The number of nitrogens with zero attached hydrogens (tertiary/aromatic N) is 2. The summed E-state index contributed by atoms with van der Waals surface area (Å²) < 4.78 is 0. The number of carbonyl (C=O) groups excluding carboxylic acids is 1. The van der Waals surface area contributed by atoms with Crippen LogP contribution in [0.2, 0.25) is 0 Å². The lowest BCUT2D eigenvalue weighted by molar-refractivity contribution is 0.100. The lowest BCUT2D eigenvalue weighted by Crippen LogP contribution is -2.43. The molecule has 1 heterocycles. The smallest absolute Gasteiger partial charge is 0.254 e. The number of nitrogens with two attached hydrogens (primary N) is 2. The van der Waals surface area contributed by atoms with Crippen LogP contribution in [0.1, 0.15) is 41.6 Å². The van der Waals surface area contributed by atoms with Crippen molar-refractivity contribution in [3.05, 3.63) is 65.9 Å². The molecule has 0 bridgehead atoms. The van der Waals surface area contributed by atoms with Crippen molar-refractivity contribution in [3.8, 4) is 11.1 Å². The van der Waals surface area contributed by atoms with E-state index in [0.717, 1.165) is 42.5 Å². The summed E-state index contributed by atoms with van der Waals surface area (Å²) in [6, 6.07) is 16.4. The van der Waals surface area contributed by atoms with E-state index in [0.29, 0.717) is 11.8 Å². The van der Waals surface area contributed by atoms with Crippen LogP contribution in [0.3, 0.4) is 0 Å². The fourth-order valence-corrected chi connectivity index (χ4v) is 4.03. The molecule has 7 nitrogen and oxygen atoms in total. The van der Waals surface area contributed by atoms with Gasteiger partial charge in [0.05, 0.1) is 0 Å². The normalized spacial score (nSPS) is 18.4. The number of hydrogen-bond acceptors (Lipinski definition) is 6. The molecule has 31 heavy (non-hydrogen) atoms. The molecule has 0 radical (unpaired) electrons. The molecule has 4 rings (SSSR count). The van der Waals surface area contributed by atoms with Crippen molar-refractivity contribution in [2.24, 2.45) is 11.5 Å². The van der Waals surface area contributed by atoms with Gasteiger partial charge in [0, 0.05) is 24.0 Å². The van der Waals surface area contributed by atoms with Gasteiger partial charge >= 0.3 is 0 Å². The fourth-order valence-electron chi connectivity index (χ4n) is 4.03. The zero-order valence-corrected chi connectivity index (χ0v) is 17.6. The van der Waals surface area contributed by atoms with E-state index in [1.165, 1.54) is 11.8 Å². The summed E-state index contributed by atoms with van der Waals surface area (Å²) >= 11 is 0. The quantitative estimate of drug-likeness (QED) is 0.483. The molecule has 1 fully saturated rings. The molecule has 1 amide bonds. The number of aromatic nitrogens is 2. The standard InChI is InChI=1S/C24H28N6O/c1-15-7-2-3-10-18(15)16-8-6-9-17(13-16)28-23-19(22(26)31)14-27-24(30-23)29-21-12-5-4-11-20(21)25/h2-3,6-10,13-14,20-21H,4-5,11-12,25H2,1H3,(H2,26,31)(H2,27,28,29,30)/t20-,21+/m0/s1. The number of amides is 1. The van der Waals surface area contributed by atoms with Gasteiger partial charge in [0.25, 0.3) is 5.91 Å². The molecule has 1 aromatic heterocycles. The number of benzene rings is 2.